The van der Waals surface area contributed by atoms with Gasteiger partial charge in [-0.3, -0.25) is 19.4 Å². The van der Waals surface area contributed by atoms with Gasteiger partial charge in [-0.1, -0.05) is 31.9 Å². The average Bonchev–Trinajstić information content (AvgIpc) is 2.80. The molecule has 2 aliphatic heterocycles. The molecule has 2 fully saturated rings. The van der Waals surface area contributed by atoms with E-state index in [0.29, 0.717) is 81.0 Å². The molecule has 0 aromatic rings. The van der Waals surface area contributed by atoms with Crippen LogP contribution < -0.4 is 5.09 Å². The maximum absolute atomic E-state index is 12.4. The molecular weight excluding hydrogens is 618 g/mol. The number of nitrogens with one attached hydrogen (secondary N) is 1. The molecule has 0 radical (unpaired) electrons. The first-order chi connectivity index (χ1) is 15.3. The maximum atomic E-state index is 12.4. The van der Waals surface area contributed by atoms with Crippen LogP contribution in [0.1, 0.15) is 19.3 Å². The Morgan fingerprint density at radius 1 is 1.06 bits per heavy atom. The van der Waals surface area contributed by atoms with Crippen molar-refractivity contribution >= 4 is 74.5 Å². The van der Waals surface area contributed by atoms with Gasteiger partial charge in [0.05, 0.1) is 6.61 Å². The van der Waals surface area contributed by atoms with E-state index in [0.717, 1.165) is 0 Å². The number of hydrogen-bond acceptors (Lipinski definition) is 6. The van der Waals surface area contributed by atoms with Crippen molar-refractivity contribution in [3.63, 3.8) is 0 Å². The number of piperazine rings is 1. The van der Waals surface area contributed by atoms with Crippen molar-refractivity contribution in [3.05, 3.63) is 0 Å². The summed E-state index contributed by atoms with van der Waals surface area (Å²) in [7, 11) is -3.20. The second-order valence-corrected chi connectivity index (χ2v) is 11.3. The minimum atomic E-state index is -3.20. The van der Waals surface area contributed by atoms with E-state index in [1.807, 2.05) is 9.80 Å². The fourth-order valence-corrected chi connectivity index (χ4v) is 6.40. The molecule has 0 aliphatic carbocycles. The van der Waals surface area contributed by atoms with E-state index in [4.69, 9.17) is 33.0 Å². The normalized spacial score (nSPS) is 23.6. The van der Waals surface area contributed by atoms with Gasteiger partial charge in [0.15, 0.2) is 6.23 Å². The fourth-order valence-electron chi connectivity index (χ4n) is 3.06. The third-order valence-electron chi connectivity index (χ3n) is 4.74. The van der Waals surface area contributed by atoms with Gasteiger partial charge in [-0.25, -0.2) is 14.6 Å². The van der Waals surface area contributed by atoms with Gasteiger partial charge in [0.2, 0.25) is 11.8 Å². The second-order valence-electron chi connectivity index (χ2n) is 6.84. The minimum Gasteiger partial charge on any atom is -0.339 e. The molecule has 0 unspecified atom stereocenters. The van der Waals surface area contributed by atoms with Crippen LogP contribution in [0.5, 0.6) is 0 Å². The molecule has 0 aromatic heterocycles. The highest BCUT2D eigenvalue weighted by molar-refractivity contribution is 9.09. The Bertz CT molecular complexity index is 588. The summed E-state index contributed by atoms with van der Waals surface area (Å²) in [6.45, 7) is 3.68. The molecule has 2 N–H and O–H groups in total. The molecule has 0 spiro atoms. The predicted octanol–water partition coefficient (Wildman–Crippen LogP) is 2.93. The van der Waals surface area contributed by atoms with Crippen LogP contribution in [0, 0.1) is 0 Å². The molecule has 2 heterocycles. The van der Waals surface area contributed by atoms with Crippen molar-refractivity contribution in [3.8, 4) is 0 Å². The van der Waals surface area contributed by atoms with Crippen LogP contribution in [0.15, 0.2) is 0 Å². The monoisotopic (exact) mass is 646 g/mol. The highest BCUT2D eigenvalue weighted by Gasteiger charge is 2.37. The van der Waals surface area contributed by atoms with Crippen molar-refractivity contribution in [2.75, 3.05) is 68.3 Å². The predicted molar refractivity (Wildman–Crippen MR) is 132 cm³/mol. The highest BCUT2D eigenvalue weighted by Crippen LogP contribution is 2.49. The van der Waals surface area contributed by atoms with Crippen molar-refractivity contribution in [2.24, 2.45) is 0 Å². The first kappa shape index (κ1) is 30.5. The Hall–Kier alpha value is 0.510. The minimum absolute atomic E-state index is 0.171. The number of rotatable bonds is 10. The Kier molecular flexibility index (Phi) is 16.2. The van der Waals surface area contributed by atoms with Crippen LogP contribution in [0.2, 0.25) is 0 Å². The largest absolute Gasteiger partial charge is 0.345 e. The van der Waals surface area contributed by atoms with Crippen molar-refractivity contribution in [1.82, 2.24) is 19.6 Å². The summed E-state index contributed by atoms with van der Waals surface area (Å²) in [5, 5.41) is 12.6. The van der Waals surface area contributed by atoms with Gasteiger partial charge in [0.1, 0.15) is 0 Å². The summed E-state index contributed by atoms with van der Waals surface area (Å²) in [4.78, 5) is 31.0. The molecule has 2 amide bonds. The number of hydrogen-bond donors (Lipinski definition) is 2. The zero-order chi connectivity index (χ0) is 24.0. The van der Waals surface area contributed by atoms with E-state index in [-0.39, 0.29) is 18.4 Å². The molecule has 10 nitrogen and oxygen atoms in total. The third-order valence-corrected chi connectivity index (χ3v) is 8.16. The summed E-state index contributed by atoms with van der Waals surface area (Å²) >= 11 is 17.7. The van der Waals surface area contributed by atoms with Gasteiger partial charge < -0.3 is 14.3 Å². The Balaban J connectivity index is 0.000000320. The standard InChI is InChI=1S/C10H16Br2N2O2.C7H15Cl2N2O4P/c11-3-1-9(15)13-5-7-14(8-6-13)10(16)2-4-12;8-2-4-11(5-3-9)16(13)10-7(15-12)1-6-14-16/h1-8H2;7,12H,1-6H2,(H,10,13)/t;7-,16-/m.0/s1. The lowest BCUT2D eigenvalue weighted by Gasteiger charge is -2.35. The highest BCUT2D eigenvalue weighted by atomic mass is 79.9. The van der Waals surface area contributed by atoms with Crippen molar-refractivity contribution in [1.29, 1.82) is 0 Å². The summed E-state index contributed by atoms with van der Waals surface area (Å²) in [5.41, 5.74) is 0. The molecule has 0 aromatic carbocycles. The number of carbonyl (C=O) groups excluding carboxylic acids is 2. The maximum Gasteiger partial charge on any atom is 0.345 e. The number of halogens is 4. The number of amides is 2. The van der Waals surface area contributed by atoms with Crippen LogP contribution in [0.4, 0.5) is 0 Å². The van der Waals surface area contributed by atoms with E-state index in [1.165, 1.54) is 4.67 Å². The van der Waals surface area contributed by atoms with Gasteiger partial charge >= 0.3 is 7.67 Å². The molecule has 2 aliphatic rings. The lowest BCUT2D eigenvalue weighted by molar-refractivity contribution is -0.286. The first-order valence-electron chi connectivity index (χ1n) is 10.2. The van der Waals surface area contributed by atoms with Crippen LogP contribution >= 0.6 is 62.7 Å². The topological polar surface area (TPSA) is 112 Å². The van der Waals surface area contributed by atoms with E-state index >= 15 is 0 Å². The Morgan fingerprint density at radius 3 is 1.91 bits per heavy atom. The van der Waals surface area contributed by atoms with Crippen LogP contribution in [-0.4, -0.2) is 106 Å². The molecular formula is C17H31Br2Cl2N4O6P. The smallest absolute Gasteiger partial charge is 0.339 e. The van der Waals surface area contributed by atoms with Gasteiger partial charge in [-0.2, -0.15) is 0 Å². The number of carbonyl (C=O) groups is 2. The number of alkyl halides is 4. The van der Waals surface area contributed by atoms with Crippen molar-refractivity contribution in [2.45, 2.75) is 25.5 Å². The molecule has 32 heavy (non-hydrogen) atoms. The average molecular weight is 649 g/mol. The molecule has 188 valence electrons. The third kappa shape index (κ3) is 10.4. The Morgan fingerprint density at radius 2 is 1.53 bits per heavy atom. The van der Waals surface area contributed by atoms with Crippen LogP contribution in [0.3, 0.4) is 0 Å². The summed E-state index contributed by atoms with van der Waals surface area (Å²) < 4.78 is 19.1. The fraction of sp³-hybridized carbons (Fsp3) is 0.882. The van der Waals surface area contributed by atoms with Crippen LogP contribution in [0.25, 0.3) is 0 Å². The quantitative estimate of drug-likeness (QED) is 0.161. The molecule has 2 atom stereocenters. The van der Waals surface area contributed by atoms with E-state index in [1.54, 1.807) is 0 Å². The summed E-state index contributed by atoms with van der Waals surface area (Å²) in [6, 6.07) is 0. The molecule has 15 heteroatoms. The van der Waals surface area contributed by atoms with Gasteiger partial charge in [0.25, 0.3) is 0 Å². The van der Waals surface area contributed by atoms with Gasteiger partial charge in [-0.05, 0) is 0 Å². The van der Waals surface area contributed by atoms with Crippen molar-refractivity contribution < 1.29 is 28.8 Å². The second kappa shape index (κ2) is 17.0. The Labute approximate surface area is 216 Å². The van der Waals surface area contributed by atoms with Crippen LogP contribution in [-0.2, 0) is 23.6 Å². The summed E-state index contributed by atoms with van der Waals surface area (Å²) in [6.07, 6.45) is 0.813. The van der Waals surface area contributed by atoms with E-state index in [9.17, 15) is 14.2 Å². The molecule has 2 rings (SSSR count). The zero-order valence-corrected chi connectivity index (χ0v) is 23.3. The van der Waals surface area contributed by atoms with Gasteiger partial charge in [-0.15, -0.1) is 23.2 Å². The van der Waals surface area contributed by atoms with E-state index < -0.39 is 13.9 Å². The number of nitrogens with zero attached hydrogens (tertiary/aromatic N) is 3. The first-order valence-corrected chi connectivity index (χ1v) is 15.1. The molecule has 0 saturated carbocycles. The molecule has 0 bridgehead atoms. The van der Waals surface area contributed by atoms with E-state index in [2.05, 4.69) is 41.8 Å². The summed E-state index contributed by atoms with van der Waals surface area (Å²) in [5.74, 6) is 0.974. The zero-order valence-electron chi connectivity index (χ0n) is 17.8. The van der Waals surface area contributed by atoms with Gasteiger partial charge in [0, 0.05) is 81.0 Å². The molecule has 2 saturated heterocycles. The lowest BCUT2D eigenvalue weighted by Crippen LogP contribution is -2.50. The SMILES string of the molecule is O=C(CCBr)N1CCN(C(=O)CCBr)CC1.O=[P@@]1(N(CCCl)CCCl)N[C@@H](OO)CCO1. The lowest BCUT2D eigenvalue weighted by atomic mass is 10.2.